The highest BCUT2D eigenvalue weighted by atomic mass is 32.2. The molecule has 1 heterocycles. The van der Waals surface area contributed by atoms with Gasteiger partial charge in [0.05, 0.1) is 5.56 Å². The lowest BCUT2D eigenvalue weighted by Crippen LogP contribution is -2.26. The Kier molecular flexibility index (Phi) is 3.78. The average molecular weight is 291 g/mol. The first-order valence-electron chi connectivity index (χ1n) is 7.14. The molecule has 2 aliphatic rings. The normalized spacial score (nSPS) is 26.1. The minimum Gasteiger partial charge on any atom is -0.409 e. The summed E-state index contributed by atoms with van der Waals surface area (Å²) in [6.45, 7) is 2.21. The summed E-state index contributed by atoms with van der Waals surface area (Å²) in [5, 5.41) is 12.3. The standard InChI is InChI=1S/C15H21N3OS/c1-20-13-7-3-6-12(14(13)15(16)17-19)18-8-10-4-2-5-11(10)9-18/h3,6-7,10-11,19H,2,4-5,8-9H2,1H3,(H2,16,17). The van der Waals surface area contributed by atoms with Gasteiger partial charge < -0.3 is 15.8 Å². The molecule has 1 aliphatic carbocycles. The number of thioether (sulfide) groups is 1. The zero-order valence-corrected chi connectivity index (χ0v) is 12.6. The third-order valence-corrected chi connectivity index (χ3v) is 5.44. The quantitative estimate of drug-likeness (QED) is 0.295. The SMILES string of the molecule is CSc1cccc(N2CC3CCCC3C2)c1/C(N)=N/O. The van der Waals surface area contributed by atoms with Crippen LogP contribution in [0.3, 0.4) is 0 Å². The zero-order valence-electron chi connectivity index (χ0n) is 11.7. The van der Waals surface area contributed by atoms with Gasteiger partial charge in [0, 0.05) is 23.7 Å². The molecule has 0 radical (unpaired) electrons. The first-order chi connectivity index (χ1) is 9.74. The average Bonchev–Trinajstić information content (AvgIpc) is 3.06. The van der Waals surface area contributed by atoms with Gasteiger partial charge in [-0.15, -0.1) is 11.8 Å². The first kappa shape index (κ1) is 13.6. The van der Waals surface area contributed by atoms with E-state index in [1.54, 1.807) is 11.8 Å². The van der Waals surface area contributed by atoms with Crippen molar-refractivity contribution >= 4 is 23.3 Å². The van der Waals surface area contributed by atoms with Gasteiger partial charge in [0.25, 0.3) is 0 Å². The number of nitrogens with zero attached hydrogens (tertiary/aromatic N) is 2. The molecule has 1 saturated carbocycles. The lowest BCUT2D eigenvalue weighted by atomic mass is 10.0. The van der Waals surface area contributed by atoms with E-state index in [4.69, 9.17) is 10.9 Å². The molecule has 20 heavy (non-hydrogen) atoms. The Bertz CT molecular complexity index is 520. The van der Waals surface area contributed by atoms with Crippen LogP contribution in [0.5, 0.6) is 0 Å². The van der Waals surface area contributed by atoms with Gasteiger partial charge in [-0.2, -0.15) is 0 Å². The third kappa shape index (κ3) is 2.24. The predicted molar refractivity (Wildman–Crippen MR) is 83.8 cm³/mol. The highest BCUT2D eigenvalue weighted by Crippen LogP contribution is 2.41. The summed E-state index contributed by atoms with van der Waals surface area (Å²) in [6.07, 6.45) is 6.09. The maximum Gasteiger partial charge on any atom is 0.173 e. The molecule has 2 fully saturated rings. The molecule has 1 saturated heterocycles. The molecule has 0 spiro atoms. The van der Waals surface area contributed by atoms with E-state index in [1.807, 2.05) is 12.3 Å². The highest BCUT2D eigenvalue weighted by molar-refractivity contribution is 7.98. The van der Waals surface area contributed by atoms with Gasteiger partial charge in [-0.05, 0) is 43.1 Å². The van der Waals surface area contributed by atoms with Crippen LogP contribution in [0, 0.1) is 11.8 Å². The molecule has 0 bridgehead atoms. The lowest BCUT2D eigenvalue weighted by Gasteiger charge is -2.23. The second-order valence-corrected chi connectivity index (χ2v) is 6.54. The van der Waals surface area contributed by atoms with E-state index in [9.17, 15) is 0 Å². The van der Waals surface area contributed by atoms with E-state index in [0.717, 1.165) is 41.1 Å². The van der Waals surface area contributed by atoms with Crippen LogP contribution in [-0.2, 0) is 0 Å². The van der Waals surface area contributed by atoms with E-state index in [1.165, 1.54) is 19.3 Å². The van der Waals surface area contributed by atoms with Gasteiger partial charge in [0.15, 0.2) is 5.84 Å². The number of hydrogen-bond donors (Lipinski definition) is 2. The smallest absolute Gasteiger partial charge is 0.173 e. The van der Waals surface area contributed by atoms with Crippen LogP contribution >= 0.6 is 11.8 Å². The molecule has 0 aromatic heterocycles. The van der Waals surface area contributed by atoms with E-state index >= 15 is 0 Å². The predicted octanol–water partition coefficient (Wildman–Crippen LogP) is 2.74. The minimum atomic E-state index is 0.210. The molecular formula is C15H21N3OS. The Labute approximate surface area is 124 Å². The molecule has 3 rings (SSSR count). The van der Waals surface area contributed by atoms with Crippen molar-refractivity contribution in [3.05, 3.63) is 23.8 Å². The van der Waals surface area contributed by atoms with E-state index < -0.39 is 0 Å². The van der Waals surface area contributed by atoms with Crippen molar-refractivity contribution in [2.75, 3.05) is 24.2 Å². The van der Waals surface area contributed by atoms with Crippen molar-refractivity contribution in [1.82, 2.24) is 0 Å². The van der Waals surface area contributed by atoms with Crippen LogP contribution in [0.25, 0.3) is 0 Å². The number of hydrogen-bond acceptors (Lipinski definition) is 4. The Balaban J connectivity index is 1.97. The van der Waals surface area contributed by atoms with Crippen molar-refractivity contribution in [3.63, 3.8) is 0 Å². The Morgan fingerprint density at radius 2 is 2.05 bits per heavy atom. The van der Waals surface area contributed by atoms with Crippen LogP contribution in [0.2, 0.25) is 0 Å². The van der Waals surface area contributed by atoms with Gasteiger partial charge in [-0.1, -0.05) is 17.6 Å². The second kappa shape index (κ2) is 5.56. The molecule has 108 valence electrons. The zero-order chi connectivity index (χ0) is 14.1. The summed E-state index contributed by atoms with van der Waals surface area (Å²) in [5.74, 6) is 1.86. The maximum atomic E-state index is 9.07. The molecule has 2 atom stereocenters. The fraction of sp³-hybridized carbons (Fsp3) is 0.533. The van der Waals surface area contributed by atoms with Crippen LogP contribution in [0.15, 0.2) is 28.3 Å². The molecule has 2 unspecified atom stereocenters. The number of nitrogens with two attached hydrogens (primary N) is 1. The Hall–Kier alpha value is -1.36. The number of fused-ring (bicyclic) bond motifs is 1. The molecule has 4 nitrogen and oxygen atoms in total. The summed E-state index contributed by atoms with van der Waals surface area (Å²) >= 11 is 1.63. The molecule has 1 aromatic carbocycles. The third-order valence-electron chi connectivity index (χ3n) is 4.65. The summed E-state index contributed by atoms with van der Waals surface area (Å²) in [4.78, 5) is 3.48. The van der Waals surface area contributed by atoms with Crippen molar-refractivity contribution < 1.29 is 5.21 Å². The van der Waals surface area contributed by atoms with Gasteiger partial charge in [0.1, 0.15) is 0 Å². The van der Waals surface area contributed by atoms with Gasteiger partial charge in [-0.3, -0.25) is 0 Å². The summed E-state index contributed by atoms with van der Waals surface area (Å²) in [6, 6.07) is 6.18. The van der Waals surface area contributed by atoms with E-state index in [0.29, 0.717) is 0 Å². The largest absolute Gasteiger partial charge is 0.409 e. The van der Waals surface area contributed by atoms with Crippen molar-refractivity contribution in [2.45, 2.75) is 24.2 Å². The number of amidine groups is 1. The van der Waals surface area contributed by atoms with E-state index in [-0.39, 0.29) is 5.84 Å². The number of benzene rings is 1. The van der Waals surface area contributed by atoms with Crippen molar-refractivity contribution in [3.8, 4) is 0 Å². The maximum absolute atomic E-state index is 9.07. The molecule has 3 N–H and O–H groups in total. The molecular weight excluding hydrogens is 270 g/mol. The topological polar surface area (TPSA) is 61.8 Å². The van der Waals surface area contributed by atoms with Crippen LogP contribution in [-0.4, -0.2) is 30.4 Å². The number of oxime groups is 1. The fourth-order valence-corrected chi connectivity index (χ4v) is 4.32. The second-order valence-electron chi connectivity index (χ2n) is 5.70. The first-order valence-corrected chi connectivity index (χ1v) is 8.37. The van der Waals surface area contributed by atoms with Crippen LogP contribution < -0.4 is 10.6 Å². The number of anilines is 1. The molecule has 5 heteroatoms. The molecule has 1 aliphatic heterocycles. The molecule has 1 aromatic rings. The number of rotatable bonds is 3. The lowest BCUT2D eigenvalue weighted by molar-refractivity contribution is 0.318. The van der Waals surface area contributed by atoms with Gasteiger partial charge in [-0.25, -0.2) is 0 Å². The summed E-state index contributed by atoms with van der Waals surface area (Å²) in [5.41, 5.74) is 7.90. The van der Waals surface area contributed by atoms with Crippen molar-refractivity contribution in [2.24, 2.45) is 22.7 Å². The summed E-state index contributed by atoms with van der Waals surface area (Å²) < 4.78 is 0. The monoisotopic (exact) mass is 291 g/mol. The Morgan fingerprint density at radius 3 is 2.65 bits per heavy atom. The van der Waals surface area contributed by atoms with Gasteiger partial charge >= 0.3 is 0 Å². The molecule has 0 amide bonds. The highest BCUT2D eigenvalue weighted by Gasteiger charge is 2.37. The fourth-order valence-electron chi connectivity index (χ4n) is 3.69. The van der Waals surface area contributed by atoms with Crippen LogP contribution in [0.1, 0.15) is 24.8 Å². The Morgan fingerprint density at radius 1 is 1.35 bits per heavy atom. The summed E-state index contributed by atoms with van der Waals surface area (Å²) in [7, 11) is 0. The van der Waals surface area contributed by atoms with E-state index in [2.05, 4.69) is 22.2 Å². The van der Waals surface area contributed by atoms with Crippen LogP contribution in [0.4, 0.5) is 5.69 Å². The van der Waals surface area contributed by atoms with Gasteiger partial charge in [0.2, 0.25) is 0 Å². The van der Waals surface area contributed by atoms with Crippen molar-refractivity contribution in [1.29, 1.82) is 0 Å². The minimum absolute atomic E-state index is 0.210.